The Balaban J connectivity index is 1.99. The molecule has 0 aliphatic rings. The Morgan fingerprint density at radius 3 is 1.78 bits per heavy atom. The third-order valence-corrected chi connectivity index (χ3v) is 3.24. The molecule has 2 amide bonds. The minimum absolute atomic E-state index is 0.279. The molecule has 7 heteroatoms. The number of hydrazine groups is 1. The van der Waals surface area contributed by atoms with Gasteiger partial charge in [0.15, 0.2) is 0 Å². The van der Waals surface area contributed by atoms with Gasteiger partial charge in [0.1, 0.15) is 0 Å². The summed E-state index contributed by atoms with van der Waals surface area (Å²) in [5.41, 5.74) is 7.61. The lowest BCUT2D eigenvalue weighted by Gasteiger charge is -2.09. The fraction of sp³-hybridized carbons (Fsp3) is 0.125. The largest absolute Gasteiger partial charge is 0.488 e. The minimum Gasteiger partial charge on any atom is -0.423 e. The van der Waals surface area contributed by atoms with E-state index in [-0.39, 0.29) is 11.0 Å². The maximum absolute atomic E-state index is 12.0. The number of carbonyl (C=O) groups is 2. The molecule has 6 nitrogen and oxygen atoms in total. The van der Waals surface area contributed by atoms with Gasteiger partial charge in [-0.3, -0.25) is 20.4 Å². The van der Waals surface area contributed by atoms with Crippen LogP contribution in [0.4, 0.5) is 0 Å². The maximum atomic E-state index is 12.0. The lowest BCUT2D eigenvalue weighted by molar-refractivity contribution is 0.0846. The van der Waals surface area contributed by atoms with E-state index in [0.717, 1.165) is 11.1 Å². The highest BCUT2D eigenvalue weighted by Crippen LogP contribution is 2.08. The highest BCUT2D eigenvalue weighted by atomic mass is 16.4. The lowest BCUT2D eigenvalue weighted by atomic mass is 9.80. The van der Waals surface area contributed by atoms with Crippen LogP contribution in [0.1, 0.15) is 31.8 Å². The van der Waals surface area contributed by atoms with Crippen LogP contribution >= 0.6 is 0 Å². The topological polar surface area (TPSA) is 98.7 Å². The van der Waals surface area contributed by atoms with E-state index in [0.29, 0.717) is 5.56 Å². The Hall–Kier alpha value is -2.64. The second kappa shape index (κ2) is 7.08. The summed E-state index contributed by atoms with van der Waals surface area (Å²) in [5.74, 6) is -0.908. The first-order valence-electron chi connectivity index (χ1n) is 7.02. The number of benzene rings is 2. The molecule has 0 spiro atoms. The molecule has 2 aromatic rings. The second-order valence-electron chi connectivity index (χ2n) is 5.28. The van der Waals surface area contributed by atoms with Crippen molar-refractivity contribution in [1.29, 1.82) is 0 Å². The van der Waals surface area contributed by atoms with E-state index < -0.39 is 18.9 Å². The van der Waals surface area contributed by atoms with Gasteiger partial charge in [-0.2, -0.15) is 0 Å². The molecule has 0 aromatic heterocycles. The lowest BCUT2D eigenvalue weighted by Crippen LogP contribution is -2.41. The molecule has 23 heavy (non-hydrogen) atoms. The van der Waals surface area contributed by atoms with E-state index in [2.05, 4.69) is 10.9 Å². The van der Waals surface area contributed by atoms with E-state index in [1.165, 1.54) is 24.3 Å². The molecule has 0 radical (unpaired) electrons. The molecule has 0 saturated carbocycles. The van der Waals surface area contributed by atoms with Crippen molar-refractivity contribution in [2.75, 3.05) is 0 Å². The molecule has 0 saturated heterocycles. The Bertz CT molecular complexity index is 709. The van der Waals surface area contributed by atoms with Crippen molar-refractivity contribution < 1.29 is 19.6 Å². The number of rotatable bonds is 3. The number of aryl methyl sites for hydroxylation is 2. The Morgan fingerprint density at radius 2 is 1.30 bits per heavy atom. The Morgan fingerprint density at radius 1 is 0.826 bits per heavy atom. The van der Waals surface area contributed by atoms with Crippen molar-refractivity contribution in [2.24, 2.45) is 0 Å². The van der Waals surface area contributed by atoms with Crippen molar-refractivity contribution in [2.45, 2.75) is 13.8 Å². The third kappa shape index (κ3) is 4.42. The van der Waals surface area contributed by atoms with Crippen LogP contribution in [-0.2, 0) is 0 Å². The highest BCUT2D eigenvalue weighted by molar-refractivity contribution is 6.58. The summed E-state index contributed by atoms with van der Waals surface area (Å²) in [6, 6.07) is 11.1. The maximum Gasteiger partial charge on any atom is 0.488 e. The minimum atomic E-state index is -1.59. The quantitative estimate of drug-likeness (QED) is 0.476. The van der Waals surface area contributed by atoms with Crippen molar-refractivity contribution in [3.8, 4) is 0 Å². The summed E-state index contributed by atoms with van der Waals surface area (Å²) in [5, 5.41) is 18.0. The molecule has 0 unspecified atom stereocenters. The van der Waals surface area contributed by atoms with Crippen LogP contribution in [0.15, 0.2) is 42.5 Å². The highest BCUT2D eigenvalue weighted by Gasteiger charge is 2.13. The zero-order valence-corrected chi connectivity index (χ0v) is 12.8. The molecule has 118 valence electrons. The number of carbonyl (C=O) groups excluding carboxylic acids is 2. The van der Waals surface area contributed by atoms with Crippen molar-refractivity contribution >= 4 is 24.4 Å². The molecule has 4 N–H and O–H groups in total. The fourth-order valence-electron chi connectivity index (χ4n) is 2.17. The molecule has 2 rings (SSSR count). The molecule has 0 atom stereocenters. The van der Waals surface area contributed by atoms with Gasteiger partial charge in [0.25, 0.3) is 11.8 Å². The SMILES string of the molecule is Cc1cc(C)cc(C(=O)NNC(=O)c2ccc(B(O)O)cc2)c1. The smallest absolute Gasteiger partial charge is 0.423 e. The first-order chi connectivity index (χ1) is 10.9. The van der Waals surface area contributed by atoms with Gasteiger partial charge >= 0.3 is 7.12 Å². The van der Waals surface area contributed by atoms with E-state index in [1.807, 2.05) is 19.9 Å². The average molecular weight is 312 g/mol. The fourth-order valence-corrected chi connectivity index (χ4v) is 2.17. The number of hydrogen-bond acceptors (Lipinski definition) is 4. The Kier molecular flexibility index (Phi) is 5.15. The van der Waals surface area contributed by atoms with E-state index in [4.69, 9.17) is 10.0 Å². The second-order valence-corrected chi connectivity index (χ2v) is 5.28. The van der Waals surface area contributed by atoms with Crippen LogP contribution < -0.4 is 16.3 Å². The zero-order valence-electron chi connectivity index (χ0n) is 12.8. The van der Waals surface area contributed by atoms with Crippen LogP contribution in [0, 0.1) is 13.8 Å². The monoisotopic (exact) mass is 312 g/mol. The zero-order chi connectivity index (χ0) is 17.0. The normalized spacial score (nSPS) is 10.1. The van der Waals surface area contributed by atoms with Gasteiger partial charge < -0.3 is 10.0 Å². The standard InChI is InChI=1S/C16H17BN2O4/c1-10-7-11(2)9-13(8-10)16(21)19-18-15(20)12-3-5-14(6-4-12)17(22)23/h3-9,22-23H,1-2H3,(H,18,20)(H,19,21). The number of nitrogens with one attached hydrogen (secondary N) is 2. The van der Waals surface area contributed by atoms with E-state index >= 15 is 0 Å². The summed E-state index contributed by atoms with van der Waals surface area (Å²) in [7, 11) is -1.59. The van der Waals surface area contributed by atoms with Crippen LogP contribution in [0.3, 0.4) is 0 Å². The Labute approximate surface area is 134 Å². The first-order valence-corrected chi connectivity index (χ1v) is 7.02. The van der Waals surface area contributed by atoms with E-state index in [9.17, 15) is 9.59 Å². The van der Waals surface area contributed by atoms with Gasteiger partial charge in [-0.05, 0) is 43.6 Å². The molecular formula is C16H17BN2O4. The summed E-state index contributed by atoms with van der Waals surface area (Å²) in [6.45, 7) is 3.78. The van der Waals surface area contributed by atoms with Crippen LogP contribution in [-0.4, -0.2) is 29.0 Å². The molecule has 0 bridgehead atoms. The third-order valence-electron chi connectivity index (χ3n) is 3.24. The summed E-state index contributed by atoms with van der Waals surface area (Å²) < 4.78 is 0. The average Bonchev–Trinajstić information content (AvgIpc) is 2.51. The molecule has 2 aromatic carbocycles. The van der Waals surface area contributed by atoms with Crippen molar-refractivity contribution in [3.05, 3.63) is 64.7 Å². The summed E-state index contributed by atoms with van der Waals surface area (Å²) >= 11 is 0. The van der Waals surface area contributed by atoms with E-state index in [1.54, 1.807) is 12.1 Å². The van der Waals surface area contributed by atoms with Gasteiger partial charge in [0, 0.05) is 11.1 Å². The molecular weight excluding hydrogens is 295 g/mol. The van der Waals surface area contributed by atoms with Gasteiger partial charge in [-0.15, -0.1) is 0 Å². The van der Waals surface area contributed by atoms with Gasteiger partial charge in [-0.1, -0.05) is 29.3 Å². The molecule has 0 aliphatic heterocycles. The van der Waals surface area contributed by atoms with Gasteiger partial charge in [0.05, 0.1) is 0 Å². The molecule has 0 heterocycles. The van der Waals surface area contributed by atoms with Crippen LogP contribution in [0.25, 0.3) is 0 Å². The van der Waals surface area contributed by atoms with Crippen molar-refractivity contribution in [3.63, 3.8) is 0 Å². The molecule has 0 aliphatic carbocycles. The summed E-state index contributed by atoms with van der Waals surface area (Å²) in [4.78, 5) is 24.0. The summed E-state index contributed by atoms with van der Waals surface area (Å²) in [6.07, 6.45) is 0. The van der Waals surface area contributed by atoms with Gasteiger partial charge in [-0.25, -0.2) is 0 Å². The predicted octanol–water partition coefficient (Wildman–Crippen LogP) is 0.0580. The van der Waals surface area contributed by atoms with Crippen molar-refractivity contribution in [1.82, 2.24) is 10.9 Å². The molecule has 0 fully saturated rings. The predicted molar refractivity (Wildman–Crippen MR) is 87.1 cm³/mol. The number of hydrogen-bond donors (Lipinski definition) is 4. The van der Waals surface area contributed by atoms with Crippen LogP contribution in [0.2, 0.25) is 0 Å². The number of amides is 2. The van der Waals surface area contributed by atoms with Gasteiger partial charge in [0.2, 0.25) is 0 Å². The first kappa shape index (κ1) is 16.7. The van der Waals surface area contributed by atoms with Crippen LogP contribution in [0.5, 0.6) is 0 Å².